The van der Waals surface area contributed by atoms with Gasteiger partial charge in [-0.1, -0.05) is 12.2 Å². The van der Waals surface area contributed by atoms with Gasteiger partial charge in [-0.25, -0.2) is 0 Å². The Labute approximate surface area is 168 Å². The zero-order valence-electron chi connectivity index (χ0n) is 17.2. The first kappa shape index (κ1) is 18.5. The Morgan fingerprint density at radius 2 is 2.14 bits per heavy atom. The molecule has 4 aliphatic rings. The molecule has 0 aromatic heterocycles. The lowest BCUT2D eigenvalue weighted by Gasteiger charge is -2.38. The van der Waals surface area contributed by atoms with Gasteiger partial charge in [-0.3, -0.25) is 4.90 Å². The van der Waals surface area contributed by atoms with E-state index < -0.39 is 6.10 Å². The van der Waals surface area contributed by atoms with Crippen molar-refractivity contribution in [3.8, 4) is 11.5 Å². The molecule has 0 bridgehead atoms. The number of rotatable bonds is 4. The van der Waals surface area contributed by atoms with E-state index in [9.17, 15) is 5.11 Å². The van der Waals surface area contributed by atoms with Crippen LogP contribution in [-0.4, -0.2) is 73.6 Å². The molecule has 0 saturated carbocycles. The molecule has 28 heavy (non-hydrogen) atoms. The van der Waals surface area contributed by atoms with Crippen LogP contribution >= 0.6 is 0 Å². The predicted molar refractivity (Wildman–Crippen MR) is 109 cm³/mol. The van der Waals surface area contributed by atoms with Gasteiger partial charge in [0.25, 0.3) is 0 Å². The Hall–Kier alpha value is -1.56. The van der Waals surface area contributed by atoms with E-state index in [1.54, 1.807) is 7.11 Å². The number of hydrogen-bond donors (Lipinski definition) is 1. The minimum Gasteiger partial charge on any atom is -0.493 e. The van der Waals surface area contributed by atoms with Crippen molar-refractivity contribution in [1.82, 2.24) is 4.90 Å². The highest BCUT2D eigenvalue weighted by Gasteiger charge is 2.54. The Morgan fingerprint density at radius 3 is 2.93 bits per heavy atom. The van der Waals surface area contributed by atoms with Crippen molar-refractivity contribution < 1.29 is 19.1 Å². The van der Waals surface area contributed by atoms with Crippen LogP contribution in [0.1, 0.15) is 36.8 Å². The summed E-state index contributed by atoms with van der Waals surface area (Å²) in [4.78, 5) is 2.62. The molecule has 1 saturated heterocycles. The molecule has 1 spiro atoms. The number of quaternary nitrogens is 1. The van der Waals surface area contributed by atoms with Crippen molar-refractivity contribution in [3.05, 3.63) is 35.4 Å². The summed E-state index contributed by atoms with van der Waals surface area (Å²) in [6.45, 7) is 7.07. The maximum Gasteiger partial charge on any atom is 0.166 e. The molecule has 5 nitrogen and oxygen atoms in total. The van der Waals surface area contributed by atoms with Crippen LogP contribution in [0.25, 0.3) is 0 Å². The lowest BCUT2D eigenvalue weighted by molar-refractivity contribution is -0.922. The summed E-state index contributed by atoms with van der Waals surface area (Å²) in [7, 11) is 4.13. The largest absolute Gasteiger partial charge is 0.493 e. The molecule has 3 heterocycles. The minimum atomic E-state index is -0.418. The fraction of sp³-hybridized carbons (Fsp3) is 0.652. The molecule has 1 aliphatic carbocycles. The molecule has 5 heteroatoms. The maximum atomic E-state index is 10.2. The van der Waals surface area contributed by atoms with Gasteiger partial charge in [-0.15, -0.1) is 0 Å². The molecule has 0 radical (unpaired) electrons. The average molecular weight is 386 g/mol. The molecule has 152 valence electrons. The number of aliphatic hydroxyl groups excluding tert-OH is 1. The second-order valence-corrected chi connectivity index (χ2v) is 9.46. The first-order chi connectivity index (χ1) is 13.5. The topological polar surface area (TPSA) is 41.9 Å². The molecule has 1 unspecified atom stereocenters. The Kier molecular flexibility index (Phi) is 4.45. The lowest BCUT2D eigenvalue weighted by atomic mass is 9.69. The van der Waals surface area contributed by atoms with Gasteiger partial charge in [0.1, 0.15) is 12.6 Å². The van der Waals surface area contributed by atoms with Crippen LogP contribution in [0.5, 0.6) is 11.5 Å². The Bertz CT molecular complexity index is 788. The van der Waals surface area contributed by atoms with E-state index in [4.69, 9.17) is 9.47 Å². The highest BCUT2D eigenvalue weighted by atomic mass is 16.5. The Morgan fingerprint density at radius 1 is 1.32 bits per heavy atom. The van der Waals surface area contributed by atoms with Crippen LogP contribution in [-0.2, 0) is 12.0 Å². The van der Waals surface area contributed by atoms with Crippen molar-refractivity contribution in [2.75, 3.05) is 46.9 Å². The van der Waals surface area contributed by atoms with Gasteiger partial charge in [-0.05, 0) is 38.1 Å². The van der Waals surface area contributed by atoms with Crippen LogP contribution < -0.4 is 9.47 Å². The Balaban J connectivity index is 1.51. The first-order valence-corrected chi connectivity index (χ1v) is 10.8. The molecule has 1 aromatic rings. The van der Waals surface area contributed by atoms with E-state index >= 15 is 0 Å². The summed E-state index contributed by atoms with van der Waals surface area (Å²) in [5.41, 5.74) is 2.59. The molecule has 5 rings (SSSR count). The molecular formula is C23H33N2O3+. The summed E-state index contributed by atoms with van der Waals surface area (Å²) in [6, 6.07) is 4.32. The van der Waals surface area contributed by atoms with Crippen LogP contribution in [0.2, 0.25) is 0 Å². The number of likely N-dealkylation sites (tertiary alicyclic amines) is 1. The molecule has 1 N–H and O–H groups in total. The molecule has 1 aromatic carbocycles. The highest BCUT2D eigenvalue weighted by molar-refractivity contribution is 5.60. The van der Waals surface area contributed by atoms with Crippen molar-refractivity contribution >= 4 is 0 Å². The predicted octanol–water partition coefficient (Wildman–Crippen LogP) is 2.46. The third-order valence-electron chi connectivity index (χ3n) is 7.57. The SMILES string of the molecule is COc1ccc2c3c1O[C@H]1C[C@@H](O)C=C[C@@]31CC[N+](C)(CCN1CCCC1)C2. The number of aliphatic hydroxyl groups is 1. The van der Waals surface area contributed by atoms with Crippen molar-refractivity contribution in [2.45, 2.75) is 49.9 Å². The fourth-order valence-electron chi connectivity index (χ4n) is 5.86. The van der Waals surface area contributed by atoms with Crippen molar-refractivity contribution in [1.29, 1.82) is 0 Å². The average Bonchev–Trinajstić information content (AvgIpc) is 3.29. The van der Waals surface area contributed by atoms with Gasteiger partial charge in [0.2, 0.25) is 0 Å². The van der Waals surface area contributed by atoms with Gasteiger partial charge in [0.05, 0.1) is 38.8 Å². The number of nitrogens with zero attached hydrogens (tertiary/aromatic N) is 2. The van der Waals surface area contributed by atoms with E-state index in [-0.39, 0.29) is 11.5 Å². The zero-order chi connectivity index (χ0) is 19.4. The summed E-state index contributed by atoms with van der Waals surface area (Å²) in [5.74, 6) is 1.74. The van der Waals surface area contributed by atoms with Crippen molar-refractivity contribution in [3.63, 3.8) is 0 Å². The van der Waals surface area contributed by atoms with Crippen LogP contribution in [0.15, 0.2) is 24.3 Å². The van der Waals surface area contributed by atoms with Crippen LogP contribution in [0.3, 0.4) is 0 Å². The maximum absolute atomic E-state index is 10.2. The zero-order valence-corrected chi connectivity index (χ0v) is 17.2. The van der Waals surface area contributed by atoms with E-state index in [1.807, 2.05) is 6.08 Å². The van der Waals surface area contributed by atoms with Gasteiger partial charge in [0, 0.05) is 30.5 Å². The van der Waals surface area contributed by atoms with Crippen molar-refractivity contribution in [2.24, 2.45) is 0 Å². The number of ether oxygens (including phenoxy) is 2. The van der Waals surface area contributed by atoms with E-state index in [0.29, 0.717) is 6.42 Å². The van der Waals surface area contributed by atoms with Gasteiger partial charge in [0.15, 0.2) is 11.5 Å². The monoisotopic (exact) mass is 385 g/mol. The van der Waals surface area contributed by atoms with Gasteiger partial charge in [-0.2, -0.15) is 0 Å². The molecular weight excluding hydrogens is 352 g/mol. The van der Waals surface area contributed by atoms with Crippen LogP contribution in [0.4, 0.5) is 0 Å². The number of likely N-dealkylation sites (N-methyl/N-ethyl adjacent to an activating group) is 1. The first-order valence-electron chi connectivity index (χ1n) is 10.8. The molecule has 4 atom stereocenters. The van der Waals surface area contributed by atoms with Crippen LogP contribution in [0, 0.1) is 0 Å². The summed E-state index contributed by atoms with van der Waals surface area (Å²) >= 11 is 0. The summed E-state index contributed by atoms with van der Waals surface area (Å²) in [6.07, 6.45) is 8.24. The summed E-state index contributed by atoms with van der Waals surface area (Å²) < 4.78 is 13.1. The van der Waals surface area contributed by atoms with E-state index in [0.717, 1.165) is 35.5 Å². The quantitative estimate of drug-likeness (QED) is 0.639. The molecule has 3 aliphatic heterocycles. The highest BCUT2D eigenvalue weighted by Crippen LogP contribution is 2.56. The van der Waals surface area contributed by atoms with E-state index in [1.165, 1.54) is 50.1 Å². The number of hydrogen-bond acceptors (Lipinski definition) is 4. The third kappa shape index (κ3) is 2.87. The summed E-state index contributed by atoms with van der Waals surface area (Å²) in [5, 5.41) is 10.2. The molecule has 0 amide bonds. The number of methoxy groups -OCH3 is 1. The minimum absolute atomic E-state index is 0.00248. The van der Waals surface area contributed by atoms with E-state index in [2.05, 4.69) is 30.2 Å². The second kappa shape index (κ2) is 6.75. The third-order valence-corrected chi connectivity index (χ3v) is 7.57. The van der Waals surface area contributed by atoms with Gasteiger partial charge >= 0.3 is 0 Å². The fourth-order valence-corrected chi connectivity index (χ4v) is 5.86. The lowest BCUT2D eigenvalue weighted by Crippen LogP contribution is -2.49. The second-order valence-electron chi connectivity index (χ2n) is 9.46. The smallest absolute Gasteiger partial charge is 0.166 e. The number of benzene rings is 1. The van der Waals surface area contributed by atoms with Gasteiger partial charge < -0.3 is 19.1 Å². The molecule has 1 fully saturated rings. The normalized spacial score (nSPS) is 36.5. The standard InChI is InChI=1S/C23H33N2O3/c1-25(14-12-24-10-3-4-11-24)13-9-23-8-7-18(26)15-20(23)28-22-19(27-2)6-5-17(16-25)21(22)23/h5-8,18,20,26H,3-4,9-16H2,1-2H3/q+1/t18-,20-,23-,25?/m0/s1.